The van der Waals surface area contributed by atoms with Crippen LogP contribution in [0.4, 0.5) is 5.82 Å². The van der Waals surface area contributed by atoms with Gasteiger partial charge in [0.2, 0.25) is 5.91 Å². The van der Waals surface area contributed by atoms with E-state index < -0.39 is 0 Å². The summed E-state index contributed by atoms with van der Waals surface area (Å²) in [6.07, 6.45) is 8.34. The summed E-state index contributed by atoms with van der Waals surface area (Å²) in [5, 5.41) is 11.9. The Morgan fingerprint density at radius 3 is 2.90 bits per heavy atom. The molecule has 4 heterocycles. The molecule has 3 aromatic rings. The summed E-state index contributed by atoms with van der Waals surface area (Å²) >= 11 is 0. The van der Waals surface area contributed by atoms with E-state index in [0.717, 1.165) is 41.9 Å². The lowest BCUT2D eigenvalue weighted by Gasteiger charge is -2.48. The van der Waals surface area contributed by atoms with Gasteiger partial charge in [-0.2, -0.15) is 10.2 Å². The third-order valence-corrected chi connectivity index (χ3v) is 7.20. The van der Waals surface area contributed by atoms with E-state index in [9.17, 15) is 4.79 Å². The summed E-state index contributed by atoms with van der Waals surface area (Å²) in [5.74, 6) is 1.63. The Morgan fingerprint density at radius 1 is 1.32 bits per heavy atom. The van der Waals surface area contributed by atoms with Crippen molar-refractivity contribution in [1.82, 2.24) is 24.3 Å². The Kier molecular flexibility index (Phi) is 4.15. The molecular weight excluding hydrogens is 392 g/mol. The first-order valence-electron chi connectivity index (χ1n) is 11.3. The fourth-order valence-electron chi connectivity index (χ4n) is 4.96. The van der Waals surface area contributed by atoms with Crippen molar-refractivity contribution < 1.29 is 9.53 Å². The number of anilines is 1. The Bertz CT molecular complexity index is 1160. The summed E-state index contributed by atoms with van der Waals surface area (Å²) in [4.78, 5) is 14.6. The molecule has 31 heavy (non-hydrogen) atoms. The van der Waals surface area contributed by atoms with Gasteiger partial charge in [-0.25, -0.2) is 4.52 Å². The van der Waals surface area contributed by atoms with E-state index in [4.69, 9.17) is 4.74 Å². The predicted octanol–water partition coefficient (Wildman–Crippen LogP) is 2.95. The van der Waals surface area contributed by atoms with Gasteiger partial charge in [0.05, 0.1) is 17.8 Å². The van der Waals surface area contributed by atoms with Gasteiger partial charge in [0, 0.05) is 42.8 Å². The van der Waals surface area contributed by atoms with Crippen molar-refractivity contribution in [1.29, 1.82) is 0 Å². The minimum Gasteiger partial charge on any atom is -0.488 e. The van der Waals surface area contributed by atoms with Crippen molar-refractivity contribution >= 4 is 17.2 Å². The minimum atomic E-state index is 0.0662. The molecule has 1 amide bonds. The number of aromatic nitrogens is 4. The molecule has 1 atom stereocenters. The van der Waals surface area contributed by atoms with Crippen molar-refractivity contribution in [3.05, 3.63) is 30.6 Å². The molecule has 0 aromatic carbocycles. The van der Waals surface area contributed by atoms with E-state index in [-0.39, 0.29) is 11.8 Å². The van der Waals surface area contributed by atoms with Crippen LogP contribution in [0.15, 0.2) is 30.6 Å². The smallest absolute Gasteiger partial charge is 0.228 e. The van der Waals surface area contributed by atoms with Crippen LogP contribution in [0, 0.1) is 11.3 Å². The third kappa shape index (κ3) is 3.20. The first-order valence-corrected chi connectivity index (χ1v) is 11.3. The van der Waals surface area contributed by atoms with Crippen LogP contribution in [0.5, 0.6) is 5.75 Å². The van der Waals surface area contributed by atoms with Gasteiger partial charge in [-0.05, 0) is 44.4 Å². The van der Waals surface area contributed by atoms with Gasteiger partial charge in [-0.3, -0.25) is 14.4 Å². The Labute approximate surface area is 181 Å². The number of carbonyl (C=O) groups is 1. The summed E-state index contributed by atoms with van der Waals surface area (Å²) in [6.45, 7) is 5.22. The molecule has 8 nitrogen and oxygen atoms in total. The highest BCUT2D eigenvalue weighted by Crippen LogP contribution is 2.57. The standard InChI is InChI=1S/C23H28N6O2/c1-3-28-14-23(7-8-23)19(28)13-31-18-12-24-27(2)21(18)16-6-9-29-17(10-16)11-20(26-29)25-22(30)15-4-5-15/h6,9-12,15,19H,3-5,7-8,13-14H2,1-2H3,(H,25,26,30)/t19-/m0/s1. The Balaban J connectivity index is 1.23. The summed E-state index contributed by atoms with van der Waals surface area (Å²) in [6, 6.07) is 6.50. The number of hydrogen-bond acceptors (Lipinski definition) is 5. The van der Waals surface area contributed by atoms with Gasteiger partial charge in [0.15, 0.2) is 11.6 Å². The zero-order valence-corrected chi connectivity index (χ0v) is 18.0. The first-order chi connectivity index (χ1) is 15.1. The van der Waals surface area contributed by atoms with E-state index in [0.29, 0.717) is 23.9 Å². The molecule has 162 valence electrons. The van der Waals surface area contributed by atoms with Crippen LogP contribution in [-0.2, 0) is 11.8 Å². The van der Waals surface area contributed by atoms with Gasteiger partial charge in [-0.1, -0.05) is 6.92 Å². The fraction of sp³-hybridized carbons (Fsp3) is 0.522. The molecule has 8 heteroatoms. The van der Waals surface area contributed by atoms with Gasteiger partial charge < -0.3 is 10.1 Å². The number of nitrogens with one attached hydrogen (secondary N) is 1. The van der Waals surface area contributed by atoms with Crippen LogP contribution in [0.3, 0.4) is 0 Å². The lowest BCUT2D eigenvalue weighted by molar-refractivity contribution is -0.117. The van der Waals surface area contributed by atoms with Crippen LogP contribution in [0.1, 0.15) is 32.6 Å². The third-order valence-electron chi connectivity index (χ3n) is 7.20. The van der Waals surface area contributed by atoms with Crippen molar-refractivity contribution in [2.24, 2.45) is 18.4 Å². The summed E-state index contributed by atoms with van der Waals surface area (Å²) in [7, 11) is 1.94. The number of amides is 1. The predicted molar refractivity (Wildman–Crippen MR) is 117 cm³/mol. The number of nitrogens with zero attached hydrogens (tertiary/aromatic N) is 5. The van der Waals surface area contributed by atoms with E-state index in [1.165, 1.54) is 19.4 Å². The zero-order valence-electron chi connectivity index (χ0n) is 18.0. The maximum absolute atomic E-state index is 12.1. The number of ether oxygens (including phenoxy) is 1. The average molecular weight is 421 g/mol. The molecule has 1 saturated heterocycles. The van der Waals surface area contributed by atoms with Crippen LogP contribution in [0.25, 0.3) is 16.8 Å². The van der Waals surface area contributed by atoms with Crippen molar-refractivity contribution in [3.8, 4) is 17.0 Å². The van der Waals surface area contributed by atoms with Crippen LogP contribution < -0.4 is 10.1 Å². The SMILES string of the molecule is CCN1CC2(CC2)[C@@H]1COc1cnn(C)c1-c1ccn2nc(NC(=O)C3CC3)cc2c1. The number of fused-ring (bicyclic) bond motifs is 1. The van der Waals surface area contributed by atoms with E-state index >= 15 is 0 Å². The zero-order chi connectivity index (χ0) is 21.2. The number of aryl methyl sites for hydroxylation is 1. The number of likely N-dealkylation sites (tertiary alicyclic amines) is 1. The second-order valence-electron chi connectivity index (χ2n) is 9.31. The molecule has 0 radical (unpaired) electrons. The molecule has 2 saturated carbocycles. The molecule has 3 fully saturated rings. The molecule has 3 aliphatic rings. The average Bonchev–Trinajstić information content (AvgIpc) is 3.66. The molecule has 0 bridgehead atoms. The second kappa shape index (κ2) is 6.82. The van der Waals surface area contributed by atoms with Crippen LogP contribution >= 0.6 is 0 Å². The largest absolute Gasteiger partial charge is 0.488 e. The molecule has 3 aromatic heterocycles. The summed E-state index contributed by atoms with van der Waals surface area (Å²) in [5.41, 5.74) is 3.41. The number of hydrogen-bond donors (Lipinski definition) is 1. The molecule has 1 N–H and O–H groups in total. The Morgan fingerprint density at radius 2 is 2.16 bits per heavy atom. The van der Waals surface area contributed by atoms with Crippen LogP contribution in [-0.4, -0.2) is 55.9 Å². The lowest BCUT2D eigenvalue weighted by atomic mass is 9.85. The van der Waals surface area contributed by atoms with E-state index in [2.05, 4.69) is 33.4 Å². The maximum Gasteiger partial charge on any atom is 0.228 e. The van der Waals surface area contributed by atoms with Gasteiger partial charge in [0.1, 0.15) is 12.3 Å². The van der Waals surface area contributed by atoms with E-state index in [1.54, 1.807) is 4.52 Å². The quantitative estimate of drug-likeness (QED) is 0.636. The number of pyridine rings is 1. The molecule has 6 rings (SSSR count). The van der Waals surface area contributed by atoms with Gasteiger partial charge in [-0.15, -0.1) is 0 Å². The van der Waals surface area contributed by atoms with Crippen LogP contribution in [0.2, 0.25) is 0 Å². The fourth-order valence-corrected chi connectivity index (χ4v) is 4.96. The first kappa shape index (κ1) is 18.9. The number of likely N-dealkylation sites (N-methyl/N-ethyl adjacent to an activating group) is 1. The summed E-state index contributed by atoms with van der Waals surface area (Å²) < 4.78 is 9.97. The second-order valence-corrected chi connectivity index (χ2v) is 9.31. The normalized spacial score (nSPS) is 21.9. The molecular formula is C23H28N6O2. The molecule has 1 spiro atoms. The van der Waals surface area contributed by atoms with Gasteiger partial charge >= 0.3 is 0 Å². The number of carbonyl (C=O) groups excluding carboxylic acids is 1. The topological polar surface area (TPSA) is 76.7 Å². The van der Waals surface area contributed by atoms with Crippen molar-refractivity contribution in [2.45, 2.75) is 38.6 Å². The minimum absolute atomic E-state index is 0.0662. The van der Waals surface area contributed by atoms with Crippen molar-refractivity contribution in [3.63, 3.8) is 0 Å². The molecule has 0 unspecified atom stereocenters. The van der Waals surface area contributed by atoms with Gasteiger partial charge in [0.25, 0.3) is 0 Å². The highest BCUT2D eigenvalue weighted by Gasteiger charge is 2.59. The highest BCUT2D eigenvalue weighted by atomic mass is 16.5. The maximum atomic E-state index is 12.1. The monoisotopic (exact) mass is 420 g/mol. The highest BCUT2D eigenvalue weighted by molar-refractivity contribution is 5.93. The number of rotatable bonds is 7. The lowest BCUT2D eigenvalue weighted by Crippen LogP contribution is -2.60. The molecule has 2 aliphatic carbocycles. The Hall–Kier alpha value is -2.87. The molecule has 1 aliphatic heterocycles. The van der Waals surface area contributed by atoms with Crippen molar-refractivity contribution in [2.75, 3.05) is 25.0 Å². The van der Waals surface area contributed by atoms with E-state index in [1.807, 2.05) is 36.3 Å².